The molecule has 1 aromatic carbocycles. The van der Waals surface area contributed by atoms with E-state index in [1.807, 2.05) is 27.7 Å². The van der Waals surface area contributed by atoms with Gasteiger partial charge >= 0.3 is 5.97 Å². The maximum Gasteiger partial charge on any atom is 0.335 e. The number of aromatic carboxylic acids is 1. The largest absolute Gasteiger partial charge is 0.478 e. The highest BCUT2D eigenvalue weighted by Gasteiger charge is 2.40. The zero-order valence-corrected chi connectivity index (χ0v) is 12.8. The SMILES string of the molecule is CC1(C)CN(C(=O)c2ccc(C(=O)O)cc2)CC(C)(C)O1. The Labute approximate surface area is 124 Å². The highest BCUT2D eigenvalue weighted by molar-refractivity contribution is 5.96. The lowest BCUT2D eigenvalue weighted by atomic mass is 9.98. The number of hydrogen-bond donors (Lipinski definition) is 1. The molecule has 1 aliphatic rings. The molecule has 1 aliphatic heterocycles. The first-order chi connectivity index (χ1) is 9.60. The summed E-state index contributed by atoms with van der Waals surface area (Å²) < 4.78 is 5.96. The van der Waals surface area contributed by atoms with Gasteiger partial charge in [-0.05, 0) is 52.0 Å². The summed E-state index contributed by atoms with van der Waals surface area (Å²) in [5.74, 6) is -1.10. The van der Waals surface area contributed by atoms with Crippen LogP contribution in [0.5, 0.6) is 0 Å². The van der Waals surface area contributed by atoms with Gasteiger partial charge in [0.1, 0.15) is 0 Å². The molecule has 0 spiro atoms. The smallest absolute Gasteiger partial charge is 0.335 e. The van der Waals surface area contributed by atoms with Crippen molar-refractivity contribution in [2.45, 2.75) is 38.9 Å². The molecule has 1 amide bonds. The summed E-state index contributed by atoms with van der Waals surface area (Å²) in [7, 11) is 0. The minimum absolute atomic E-state index is 0.101. The first-order valence-corrected chi connectivity index (χ1v) is 6.92. The van der Waals surface area contributed by atoms with Crippen molar-refractivity contribution in [3.05, 3.63) is 35.4 Å². The van der Waals surface area contributed by atoms with E-state index in [-0.39, 0.29) is 11.5 Å². The lowest BCUT2D eigenvalue weighted by Crippen LogP contribution is -2.58. The molecular weight excluding hydrogens is 270 g/mol. The van der Waals surface area contributed by atoms with E-state index in [1.54, 1.807) is 17.0 Å². The van der Waals surface area contributed by atoms with Crippen molar-refractivity contribution in [2.24, 2.45) is 0 Å². The number of nitrogens with zero attached hydrogens (tertiary/aromatic N) is 1. The fourth-order valence-corrected chi connectivity index (χ4v) is 2.87. The van der Waals surface area contributed by atoms with E-state index in [9.17, 15) is 9.59 Å². The molecule has 1 aromatic rings. The van der Waals surface area contributed by atoms with Crippen molar-refractivity contribution in [1.82, 2.24) is 4.90 Å². The lowest BCUT2D eigenvalue weighted by molar-refractivity contribution is -0.171. The average molecular weight is 291 g/mol. The fourth-order valence-electron chi connectivity index (χ4n) is 2.87. The number of benzene rings is 1. The molecule has 0 aliphatic carbocycles. The summed E-state index contributed by atoms with van der Waals surface area (Å²) in [6, 6.07) is 6.01. The number of carbonyl (C=O) groups is 2. The molecular formula is C16H21NO4. The highest BCUT2D eigenvalue weighted by Crippen LogP contribution is 2.29. The molecule has 1 heterocycles. The van der Waals surface area contributed by atoms with Gasteiger partial charge in [-0.2, -0.15) is 0 Å². The Bertz CT molecular complexity index is 544. The quantitative estimate of drug-likeness (QED) is 0.908. The van der Waals surface area contributed by atoms with Crippen molar-refractivity contribution >= 4 is 11.9 Å². The van der Waals surface area contributed by atoms with E-state index >= 15 is 0 Å². The van der Waals surface area contributed by atoms with Crippen LogP contribution in [-0.4, -0.2) is 46.2 Å². The molecule has 0 saturated carbocycles. The van der Waals surface area contributed by atoms with Crippen LogP contribution in [-0.2, 0) is 4.74 Å². The predicted molar refractivity (Wildman–Crippen MR) is 78.5 cm³/mol. The van der Waals surface area contributed by atoms with Crippen LogP contribution < -0.4 is 0 Å². The first-order valence-electron chi connectivity index (χ1n) is 6.92. The second-order valence-electron chi connectivity index (χ2n) is 6.67. The number of hydrogen-bond acceptors (Lipinski definition) is 3. The average Bonchev–Trinajstić information content (AvgIpc) is 2.34. The minimum atomic E-state index is -0.998. The molecule has 1 saturated heterocycles. The second-order valence-corrected chi connectivity index (χ2v) is 6.67. The van der Waals surface area contributed by atoms with Crippen LogP contribution in [0.2, 0.25) is 0 Å². The van der Waals surface area contributed by atoms with Gasteiger partial charge in [-0.3, -0.25) is 4.79 Å². The topological polar surface area (TPSA) is 66.8 Å². The molecule has 0 radical (unpaired) electrons. The lowest BCUT2D eigenvalue weighted by Gasteiger charge is -2.47. The predicted octanol–water partition coefficient (Wildman–Crippen LogP) is 2.41. The van der Waals surface area contributed by atoms with Crippen LogP contribution in [0.15, 0.2) is 24.3 Å². The number of ether oxygens (including phenoxy) is 1. The Morgan fingerprint density at radius 2 is 1.43 bits per heavy atom. The van der Waals surface area contributed by atoms with Crippen molar-refractivity contribution in [1.29, 1.82) is 0 Å². The summed E-state index contributed by atoms with van der Waals surface area (Å²) in [4.78, 5) is 25.2. The number of carbonyl (C=O) groups excluding carboxylic acids is 1. The summed E-state index contributed by atoms with van der Waals surface area (Å²) >= 11 is 0. The van der Waals surface area contributed by atoms with Crippen LogP contribution in [0.3, 0.4) is 0 Å². The van der Waals surface area contributed by atoms with Crippen molar-refractivity contribution in [3.63, 3.8) is 0 Å². The van der Waals surface area contributed by atoms with E-state index < -0.39 is 17.2 Å². The van der Waals surface area contributed by atoms with Gasteiger partial charge in [0.25, 0.3) is 5.91 Å². The van der Waals surface area contributed by atoms with Crippen LogP contribution in [0.4, 0.5) is 0 Å². The molecule has 1 N–H and O–H groups in total. The monoisotopic (exact) mass is 291 g/mol. The van der Waals surface area contributed by atoms with Crippen LogP contribution >= 0.6 is 0 Å². The van der Waals surface area contributed by atoms with Gasteiger partial charge < -0.3 is 14.7 Å². The van der Waals surface area contributed by atoms with Crippen molar-refractivity contribution in [3.8, 4) is 0 Å². The molecule has 2 rings (SSSR count). The molecule has 114 valence electrons. The Morgan fingerprint density at radius 3 is 1.86 bits per heavy atom. The van der Waals surface area contributed by atoms with Crippen molar-refractivity contribution < 1.29 is 19.4 Å². The van der Waals surface area contributed by atoms with Gasteiger partial charge in [-0.15, -0.1) is 0 Å². The summed E-state index contributed by atoms with van der Waals surface area (Å²) in [6.45, 7) is 8.86. The van der Waals surface area contributed by atoms with Gasteiger partial charge in [0.2, 0.25) is 0 Å². The zero-order valence-electron chi connectivity index (χ0n) is 12.8. The Balaban J connectivity index is 2.21. The van der Waals surface area contributed by atoms with Gasteiger partial charge in [0.15, 0.2) is 0 Å². The van der Waals surface area contributed by atoms with E-state index in [1.165, 1.54) is 12.1 Å². The molecule has 0 atom stereocenters. The van der Waals surface area contributed by atoms with E-state index in [0.717, 1.165) is 0 Å². The number of morpholine rings is 1. The molecule has 0 aromatic heterocycles. The normalized spacial score (nSPS) is 20.1. The minimum Gasteiger partial charge on any atom is -0.478 e. The van der Waals surface area contributed by atoms with E-state index in [4.69, 9.17) is 9.84 Å². The van der Waals surface area contributed by atoms with Gasteiger partial charge in [-0.25, -0.2) is 4.79 Å². The van der Waals surface area contributed by atoms with E-state index in [0.29, 0.717) is 18.7 Å². The van der Waals surface area contributed by atoms with Gasteiger partial charge in [-0.1, -0.05) is 0 Å². The number of amides is 1. The van der Waals surface area contributed by atoms with Crippen molar-refractivity contribution in [2.75, 3.05) is 13.1 Å². The third kappa shape index (κ3) is 3.61. The Kier molecular flexibility index (Phi) is 3.80. The van der Waals surface area contributed by atoms with Gasteiger partial charge in [0.05, 0.1) is 16.8 Å². The highest BCUT2D eigenvalue weighted by atomic mass is 16.5. The number of rotatable bonds is 2. The molecule has 5 heteroatoms. The molecule has 5 nitrogen and oxygen atoms in total. The standard InChI is InChI=1S/C16H21NO4/c1-15(2)9-17(10-16(3,4)21-15)13(18)11-5-7-12(8-6-11)14(19)20/h5-8H,9-10H2,1-4H3,(H,19,20). The van der Waals surface area contributed by atoms with Crippen LogP contribution in [0.1, 0.15) is 48.4 Å². The summed E-state index contributed by atoms with van der Waals surface area (Å²) in [6.07, 6.45) is 0. The molecule has 0 unspecified atom stereocenters. The van der Waals surface area contributed by atoms with Crippen LogP contribution in [0.25, 0.3) is 0 Å². The van der Waals surface area contributed by atoms with Crippen LogP contribution in [0, 0.1) is 0 Å². The van der Waals surface area contributed by atoms with Gasteiger partial charge in [0, 0.05) is 18.7 Å². The first kappa shape index (κ1) is 15.5. The molecule has 1 fully saturated rings. The summed E-state index contributed by atoms with van der Waals surface area (Å²) in [5, 5.41) is 8.89. The third-order valence-corrected chi connectivity index (χ3v) is 3.36. The summed E-state index contributed by atoms with van der Waals surface area (Å²) in [5.41, 5.74) is -0.140. The zero-order chi connectivity index (χ0) is 15.8. The maximum absolute atomic E-state index is 12.6. The maximum atomic E-state index is 12.6. The Morgan fingerprint density at radius 1 is 1.00 bits per heavy atom. The fraction of sp³-hybridized carbons (Fsp3) is 0.500. The molecule has 21 heavy (non-hydrogen) atoms. The number of carboxylic acid groups (broad SMARTS) is 1. The Hall–Kier alpha value is -1.88. The van der Waals surface area contributed by atoms with E-state index in [2.05, 4.69) is 0 Å². The second kappa shape index (κ2) is 5.15. The number of carboxylic acids is 1. The third-order valence-electron chi connectivity index (χ3n) is 3.36. The molecule has 0 bridgehead atoms.